The van der Waals surface area contributed by atoms with Crippen molar-refractivity contribution in [3.63, 3.8) is 0 Å². The minimum atomic E-state index is -0.166. The van der Waals surface area contributed by atoms with Crippen molar-refractivity contribution < 1.29 is 9.21 Å². The number of carbonyl (C=O) groups excluding carboxylic acids is 1. The second-order valence-corrected chi connectivity index (χ2v) is 6.34. The standard InChI is InChI=1S/C19H34N4O2/c1-5-7-8-10-16(4)23-19(20-6-2)22-13-9-12-21-18(24)17-15(3)11-14-25-17/h11,14,16H,5-10,12-13H2,1-4H3,(H,21,24)(H2,20,22,23). The summed E-state index contributed by atoms with van der Waals surface area (Å²) in [6.45, 7) is 10.4. The van der Waals surface area contributed by atoms with Gasteiger partial charge in [0.1, 0.15) is 0 Å². The van der Waals surface area contributed by atoms with Crippen LogP contribution in [0.5, 0.6) is 0 Å². The fourth-order valence-corrected chi connectivity index (χ4v) is 2.48. The Bertz CT molecular complexity index is 525. The fraction of sp³-hybridized carbons (Fsp3) is 0.684. The molecule has 6 heteroatoms. The maximum atomic E-state index is 11.9. The van der Waals surface area contributed by atoms with Gasteiger partial charge in [-0.2, -0.15) is 0 Å². The molecule has 1 amide bonds. The van der Waals surface area contributed by atoms with E-state index in [2.05, 4.69) is 41.7 Å². The molecule has 0 saturated heterocycles. The lowest BCUT2D eigenvalue weighted by Crippen LogP contribution is -2.42. The van der Waals surface area contributed by atoms with Crippen molar-refractivity contribution in [2.24, 2.45) is 4.99 Å². The summed E-state index contributed by atoms with van der Waals surface area (Å²) < 4.78 is 5.18. The zero-order chi connectivity index (χ0) is 18.5. The molecule has 0 aliphatic heterocycles. The Labute approximate surface area is 151 Å². The van der Waals surface area contributed by atoms with Gasteiger partial charge in [-0.05, 0) is 39.7 Å². The van der Waals surface area contributed by atoms with Crippen LogP contribution in [0.15, 0.2) is 21.7 Å². The zero-order valence-corrected chi connectivity index (χ0v) is 16.2. The summed E-state index contributed by atoms with van der Waals surface area (Å²) in [5.74, 6) is 1.07. The predicted octanol–water partition coefficient (Wildman–Crippen LogP) is 3.23. The minimum Gasteiger partial charge on any atom is -0.459 e. The lowest BCUT2D eigenvalue weighted by Gasteiger charge is -2.17. The van der Waals surface area contributed by atoms with Crippen molar-refractivity contribution in [1.29, 1.82) is 0 Å². The number of guanidine groups is 1. The Morgan fingerprint density at radius 3 is 2.68 bits per heavy atom. The largest absolute Gasteiger partial charge is 0.459 e. The Balaban J connectivity index is 2.30. The number of aliphatic imine (C=N–C) groups is 1. The molecular weight excluding hydrogens is 316 g/mol. The van der Waals surface area contributed by atoms with E-state index in [9.17, 15) is 4.79 Å². The molecule has 1 rings (SSSR count). The molecular formula is C19H34N4O2. The van der Waals surface area contributed by atoms with Gasteiger partial charge < -0.3 is 20.4 Å². The highest BCUT2D eigenvalue weighted by Crippen LogP contribution is 2.07. The molecule has 1 aromatic rings. The molecule has 0 radical (unpaired) electrons. The van der Waals surface area contributed by atoms with Gasteiger partial charge in [-0.25, -0.2) is 0 Å². The third-order valence-corrected chi connectivity index (χ3v) is 3.93. The fourth-order valence-electron chi connectivity index (χ4n) is 2.48. The van der Waals surface area contributed by atoms with Crippen molar-refractivity contribution in [3.05, 3.63) is 23.7 Å². The number of hydrogen-bond donors (Lipinski definition) is 3. The van der Waals surface area contributed by atoms with E-state index in [0.29, 0.717) is 24.9 Å². The van der Waals surface area contributed by atoms with Crippen LogP contribution in [0, 0.1) is 6.92 Å². The molecule has 0 fully saturated rings. The summed E-state index contributed by atoms with van der Waals surface area (Å²) in [7, 11) is 0. The molecule has 0 aromatic carbocycles. The van der Waals surface area contributed by atoms with Crippen molar-refractivity contribution >= 4 is 11.9 Å². The molecule has 142 valence electrons. The smallest absolute Gasteiger partial charge is 0.287 e. The average Bonchev–Trinajstić information content (AvgIpc) is 3.01. The number of nitrogens with one attached hydrogen (secondary N) is 3. The van der Waals surface area contributed by atoms with Crippen LogP contribution in [0.25, 0.3) is 0 Å². The molecule has 25 heavy (non-hydrogen) atoms. The normalized spacial score (nSPS) is 12.7. The number of nitrogens with zero attached hydrogens (tertiary/aromatic N) is 1. The summed E-state index contributed by atoms with van der Waals surface area (Å²) in [6.07, 6.45) is 7.22. The molecule has 1 aromatic heterocycles. The van der Waals surface area contributed by atoms with Gasteiger partial charge in [0.25, 0.3) is 5.91 Å². The second kappa shape index (κ2) is 12.4. The summed E-state index contributed by atoms with van der Waals surface area (Å²) in [4.78, 5) is 16.5. The van der Waals surface area contributed by atoms with E-state index in [-0.39, 0.29) is 5.91 Å². The molecule has 1 atom stereocenters. The van der Waals surface area contributed by atoms with Gasteiger partial charge in [0, 0.05) is 31.2 Å². The van der Waals surface area contributed by atoms with Gasteiger partial charge in [-0.1, -0.05) is 26.2 Å². The van der Waals surface area contributed by atoms with Gasteiger partial charge >= 0.3 is 0 Å². The minimum absolute atomic E-state index is 0.166. The van der Waals surface area contributed by atoms with Crippen molar-refractivity contribution in [3.8, 4) is 0 Å². The summed E-state index contributed by atoms with van der Waals surface area (Å²) in [5, 5.41) is 9.58. The van der Waals surface area contributed by atoms with Gasteiger partial charge in [-0.15, -0.1) is 0 Å². The van der Waals surface area contributed by atoms with Crippen LogP contribution >= 0.6 is 0 Å². The summed E-state index contributed by atoms with van der Waals surface area (Å²) in [6, 6.07) is 2.20. The number of hydrogen-bond acceptors (Lipinski definition) is 3. The van der Waals surface area contributed by atoms with Gasteiger partial charge in [0.05, 0.1) is 6.26 Å². The van der Waals surface area contributed by atoms with E-state index in [4.69, 9.17) is 4.42 Å². The highest BCUT2D eigenvalue weighted by atomic mass is 16.3. The van der Waals surface area contributed by atoms with Crippen LogP contribution in [0.1, 0.15) is 69.0 Å². The van der Waals surface area contributed by atoms with Gasteiger partial charge in [0.2, 0.25) is 0 Å². The number of amides is 1. The summed E-state index contributed by atoms with van der Waals surface area (Å²) in [5.41, 5.74) is 0.853. The molecule has 0 aliphatic carbocycles. The van der Waals surface area contributed by atoms with Crippen molar-refractivity contribution in [2.45, 2.75) is 65.8 Å². The number of unbranched alkanes of at least 4 members (excludes halogenated alkanes) is 2. The third-order valence-electron chi connectivity index (χ3n) is 3.93. The predicted molar refractivity (Wildman–Crippen MR) is 103 cm³/mol. The first-order chi connectivity index (χ1) is 12.1. The maximum Gasteiger partial charge on any atom is 0.287 e. The van der Waals surface area contributed by atoms with Crippen molar-refractivity contribution in [2.75, 3.05) is 19.6 Å². The van der Waals surface area contributed by atoms with Crippen LogP contribution in [0.2, 0.25) is 0 Å². The molecule has 0 aliphatic rings. The molecule has 3 N–H and O–H groups in total. The van der Waals surface area contributed by atoms with Crippen LogP contribution in [0.3, 0.4) is 0 Å². The highest BCUT2D eigenvalue weighted by molar-refractivity contribution is 5.92. The Kier molecular flexibility index (Phi) is 10.4. The molecule has 0 saturated carbocycles. The first-order valence-corrected chi connectivity index (χ1v) is 9.45. The lowest BCUT2D eigenvalue weighted by atomic mass is 10.1. The number of rotatable bonds is 11. The molecule has 0 bridgehead atoms. The zero-order valence-electron chi connectivity index (χ0n) is 16.2. The second-order valence-electron chi connectivity index (χ2n) is 6.34. The highest BCUT2D eigenvalue weighted by Gasteiger charge is 2.11. The van der Waals surface area contributed by atoms with E-state index in [1.807, 2.05) is 6.92 Å². The topological polar surface area (TPSA) is 78.7 Å². The van der Waals surface area contributed by atoms with E-state index in [0.717, 1.165) is 30.9 Å². The van der Waals surface area contributed by atoms with Crippen LogP contribution in [-0.4, -0.2) is 37.5 Å². The van der Waals surface area contributed by atoms with E-state index in [1.165, 1.54) is 25.5 Å². The van der Waals surface area contributed by atoms with Crippen LogP contribution in [0.4, 0.5) is 0 Å². The number of aryl methyl sites for hydroxylation is 1. The quantitative estimate of drug-likeness (QED) is 0.325. The Morgan fingerprint density at radius 1 is 1.24 bits per heavy atom. The first-order valence-electron chi connectivity index (χ1n) is 9.45. The Hall–Kier alpha value is -1.98. The van der Waals surface area contributed by atoms with Crippen molar-refractivity contribution in [1.82, 2.24) is 16.0 Å². The monoisotopic (exact) mass is 350 g/mol. The van der Waals surface area contributed by atoms with E-state index < -0.39 is 0 Å². The average molecular weight is 351 g/mol. The Morgan fingerprint density at radius 2 is 2.04 bits per heavy atom. The lowest BCUT2D eigenvalue weighted by molar-refractivity contribution is 0.0925. The molecule has 6 nitrogen and oxygen atoms in total. The SMILES string of the molecule is CCCCCC(C)NC(=NCCCNC(=O)c1occc1C)NCC. The summed E-state index contributed by atoms with van der Waals surface area (Å²) >= 11 is 0. The first kappa shape index (κ1) is 21.1. The van der Waals surface area contributed by atoms with Crippen LogP contribution in [-0.2, 0) is 0 Å². The molecule has 1 unspecified atom stereocenters. The number of carbonyl (C=O) groups is 1. The van der Waals surface area contributed by atoms with E-state index in [1.54, 1.807) is 6.07 Å². The maximum absolute atomic E-state index is 11.9. The number of furan rings is 1. The van der Waals surface area contributed by atoms with E-state index >= 15 is 0 Å². The molecule has 0 spiro atoms. The molecule has 1 heterocycles. The van der Waals surface area contributed by atoms with Gasteiger partial charge in [0.15, 0.2) is 11.7 Å². The van der Waals surface area contributed by atoms with Gasteiger partial charge in [-0.3, -0.25) is 9.79 Å². The van der Waals surface area contributed by atoms with Crippen LogP contribution < -0.4 is 16.0 Å². The third kappa shape index (κ3) is 8.61.